The molecule has 21 heavy (non-hydrogen) atoms. The van der Waals surface area contributed by atoms with Crippen molar-refractivity contribution < 1.29 is 22.4 Å². The quantitative estimate of drug-likeness (QED) is 0.902. The van der Waals surface area contributed by atoms with Crippen molar-refractivity contribution in [2.24, 2.45) is 0 Å². The second-order valence-corrected chi connectivity index (χ2v) is 7.31. The summed E-state index contributed by atoms with van der Waals surface area (Å²) in [6.07, 6.45) is 2.81. The van der Waals surface area contributed by atoms with Gasteiger partial charge in [0, 0.05) is 18.9 Å². The van der Waals surface area contributed by atoms with Gasteiger partial charge in [0.25, 0.3) is 0 Å². The van der Waals surface area contributed by atoms with Crippen LogP contribution in [0.5, 0.6) is 0 Å². The van der Waals surface area contributed by atoms with E-state index in [2.05, 4.69) is 9.88 Å². The Kier molecular flexibility index (Phi) is 3.81. The van der Waals surface area contributed by atoms with Crippen LogP contribution in [0.4, 0.5) is 0 Å². The van der Waals surface area contributed by atoms with Gasteiger partial charge in [0.15, 0.2) is 11.5 Å². The number of aryl methyl sites for hydroxylation is 2. The Morgan fingerprint density at radius 3 is 2.33 bits per heavy atom. The summed E-state index contributed by atoms with van der Waals surface area (Å²) in [5, 5.41) is 3.70. The summed E-state index contributed by atoms with van der Waals surface area (Å²) < 4.78 is 43.9. The van der Waals surface area contributed by atoms with E-state index >= 15 is 0 Å². The molecule has 0 radical (unpaired) electrons. The van der Waals surface area contributed by atoms with Crippen molar-refractivity contribution in [1.29, 1.82) is 0 Å². The average molecular weight is 316 g/mol. The molecule has 0 atom stereocenters. The molecule has 2 aliphatic rings. The maximum absolute atomic E-state index is 12.4. The van der Waals surface area contributed by atoms with E-state index < -0.39 is 15.8 Å². The number of sulfonamides is 1. The first-order valence-electron chi connectivity index (χ1n) is 7.15. The molecule has 0 amide bonds. The van der Waals surface area contributed by atoms with Crippen LogP contribution in [0.25, 0.3) is 0 Å². The summed E-state index contributed by atoms with van der Waals surface area (Å²) in [6.45, 7) is 4.47. The number of hydrogen-bond acceptors (Lipinski definition) is 6. The zero-order valence-electron chi connectivity index (χ0n) is 12.2. The normalized spacial score (nSPS) is 23.0. The van der Waals surface area contributed by atoms with E-state index in [1.54, 1.807) is 13.8 Å². The molecule has 1 spiro atoms. The van der Waals surface area contributed by atoms with Gasteiger partial charge in [0.1, 0.15) is 10.6 Å². The van der Waals surface area contributed by atoms with Crippen molar-refractivity contribution in [2.45, 2.75) is 56.3 Å². The van der Waals surface area contributed by atoms with E-state index in [0.29, 0.717) is 50.4 Å². The zero-order valence-corrected chi connectivity index (χ0v) is 13.0. The van der Waals surface area contributed by atoms with Gasteiger partial charge in [-0.25, -0.2) is 13.1 Å². The number of rotatable bonds is 3. The Morgan fingerprint density at radius 1 is 1.19 bits per heavy atom. The Hall–Kier alpha value is -0.960. The van der Waals surface area contributed by atoms with Crippen molar-refractivity contribution in [3.8, 4) is 0 Å². The number of nitrogens with one attached hydrogen (secondary N) is 1. The average Bonchev–Trinajstić information content (AvgIpc) is 3.00. The molecule has 1 N–H and O–H groups in total. The van der Waals surface area contributed by atoms with Gasteiger partial charge in [-0.15, -0.1) is 0 Å². The van der Waals surface area contributed by atoms with Gasteiger partial charge >= 0.3 is 0 Å². The van der Waals surface area contributed by atoms with Crippen LogP contribution in [0.2, 0.25) is 0 Å². The third kappa shape index (κ3) is 2.85. The Bertz CT molecular complexity index is 589. The van der Waals surface area contributed by atoms with Crippen LogP contribution in [0, 0.1) is 13.8 Å². The number of nitrogens with zero attached hydrogens (tertiary/aromatic N) is 1. The second-order valence-electron chi connectivity index (χ2n) is 5.66. The molecular formula is C13H20N2O5S. The number of hydrogen-bond donors (Lipinski definition) is 1. The molecule has 7 nitrogen and oxygen atoms in total. The van der Waals surface area contributed by atoms with E-state index in [1.165, 1.54) is 0 Å². The van der Waals surface area contributed by atoms with E-state index in [4.69, 9.17) is 14.0 Å². The molecule has 1 aromatic rings. The summed E-state index contributed by atoms with van der Waals surface area (Å²) >= 11 is 0. The molecule has 2 fully saturated rings. The van der Waals surface area contributed by atoms with Crippen molar-refractivity contribution in [3.05, 3.63) is 11.5 Å². The van der Waals surface area contributed by atoms with Gasteiger partial charge in [-0.1, -0.05) is 5.16 Å². The zero-order chi connectivity index (χ0) is 15.1. The van der Waals surface area contributed by atoms with Crippen LogP contribution in [-0.4, -0.2) is 38.6 Å². The Balaban J connectivity index is 1.67. The largest absolute Gasteiger partial charge is 0.360 e. The maximum atomic E-state index is 12.4. The monoisotopic (exact) mass is 316 g/mol. The molecule has 3 rings (SSSR count). The van der Waals surface area contributed by atoms with E-state index in [9.17, 15) is 8.42 Å². The molecular weight excluding hydrogens is 296 g/mol. The molecule has 8 heteroatoms. The lowest BCUT2D eigenvalue weighted by molar-refractivity contribution is -0.178. The predicted octanol–water partition coefficient (Wildman–Crippen LogP) is 1.26. The minimum Gasteiger partial charge on any atom is -0.360 e. The van der Waals surface area contributed by atoms with E-state index in [-0.39, 0.29) is 10.9 Å². The minimum atomic E-state index is -3.60. The standard InChI is InChI=1S/C13H20N2O5S/c1-9-12(10(2)20-14-9)21(16,17)15-11-3-5-13(6-4-11)18-7-8-19-13/h11,15H,3-8H2,1-2H3. The SMILES string of the molecule is Cc1noc(C)c1S(=O)(=O)NC1CCC2(CC1)OCCO2. The van der Waals surface area contributed by atoms with Crippen LogP contribution in [0.3, 0.4) is 0 Å². The van der Waals surface area contributed by atoms with Gasteiger partial charge in [0.2, 0.25) is 10.0 Å². The first kappa shape index (κ1) is 15.0. The fourth-order valence-electron chi connectivity index (χ4n) is 3.10. The topological polar surface area (TPSA) is 90.7 Å². The Labute approximate surface area is 124 Å². The molecule has 1 saturated heterocycles. The molecule has 1 aliphatic carbocycles. The molecule has 0 bridgehead atoms. The van der Waals surface area contributed by atoms with Crippen molar-refractivity contribution in [3.63, 3.8) is 0 Å². The summed E-state index contributed by atoms with van der Waals surface area (Å²) in [5.74, 6) is -0.167. The van der Waals surface area contributed by atoms with Gasteiger partial charge in [-0.3, -0.25) is 0 Å². The highest BCUT2D eigenvalue weighted by molar-refractivity contribution is 7.89. The van der Waals surface area contributed by atoms with Crippen molar-refractivity contribution >= 4 is 10.0 Å². The fraction of sp³-hybridized carbons (Fsp3) is 0.769. The number of aromatic nitrogens is 1. The summed E-state index contributed by atoms with van der Waals surface area (Å²) in [7, 11) is -3.60. The first-order chi connectivity index (χ1) is 9.92. The van der Waals surface area contributed by atoms with Crippen LogP contribution in [0.1, 0.15) is 37.1 Å². The minimum absolute atomic E-state index is 0.109. The number of ether oxygens (including phenoxy) is 2. The molecule has 0 unspecified atom stereocenters. The fourth-order valence-corrected chi connectivity index (χ4v) is 4.73. The van der Waals surface area contributed by atoms with Crippen LogP contribution in [-0.2, 0) is 19.5 Å². The molecule has 0 aromatic carbocycles. The molecule has 2 heterocycles. The first-order valence-corrected chi connectivity index (χ1v) is 8.63. The maximum Gasteiger partial charge on any atom is 0.246 e. The summed E-state index contributed by atoms with van der Waals surface area (Å²) in [4.78, 5) is 0.149. The van der Waals surface area contributed by atoms with Crippen molar-refractivity contribution in [2.75, 3.05) is 13.2 Å². The highest BCUT2D eigenvalue weighted by Gasteiger charge is 2.41. The van der Waals surface area contributed by atoms with Crippen LogP contribution in [0.15, 0.2) is 9.42 Å². The molecule has 1 saturated carbocycles. The van der Waals surface area contributed by atoms with Crippen LogP contribution < -0.4 is 4.72 Å². The summed E-state index contributed by atoms with van der Waals surface area (Å²) in [5.41, 5.74) is 0.384. The molecule has 1 aromatic heterocycles. The highest BCUT2D eigenvalue weighted by Crippen LogP contribution is 2.36. The van der Waals surface area contributed by atoms with Gasteiger partial charge < -0.3 is 14.0 Å². The highest BCUT2D eigenvalue weighted by atomic mass is 32.2. The Morgan fingerprint density at radius 2 is 1.81 bits per heavy atom. The van der Waals surface area contributed by atoms with Gasteiger partial charge in [-0.05, 0) is 26.7 Å². The molecule has 1 aliphatic heterocycles. The van der Waals surface area contributed by atoms with Gasteiger partial charge in [0.05, 0.1) is 13.2 Å². The predicted molar refractivity (Wildman–Crippen MR) is 73.2 cm³/mol. The second kappa shape index (κ2) is 5.35. The van der Waals surface area contributed by atoms with Crippen molar-refractivity contribution in [1.82, 2.24) is 9.88 Å². The third-order valence-corrected chi connectivity index (χ3v) is 5.88. The summed E-state index contributed by atoms with van der Waals surface area (Å²) in [6, 6.07) is -0.109. The van der Waals surface area contributed by atoms with Crippen LogP contribution >= 0.6 is 0 Å². The molecule has 118 valence electrons. The lowest BCUT2D eigenvalue weighted by Gasteiger charge is -2.35. The van der Waals surface area contributed by atoms with Gasteiger partial charge in [-0.2, -0.15) is 0 Å². The smallest absolute Gasteiger partial charge is 0.246 e. The van der Waals surface area contributed by atoms with E-state index in [1.807, 2.05) is 0 Å². The lowest BCUT2D eigenvalue weighted by atomic mass is 9.91. The lowest BCUT2D eigenvalue weighted by Crippen LogP contribution is -2.44. The third-order valence-electron chi connectivity index (χ3n) is 4.12. The van der Waals surface area contributed by atoms with E-state index in [0.717, 1.165) is 0 Å².